The van der Waals surface area contributed by atoms with Crippen LogP contribution in [0.1, 0.15) is 0 Å². The number of hydrogen-bond acceptors (Lipinski definition) is 4. The van der Waals surface area contributed by atoms with E-state index < -0.39 is 39.5 Å². The molecule has 6 nitrogen and oxygen atoms in total. The van der Waals surface area contributed by atoms with E-state index in [0.717, 1.165) is 36.4 Å². The summed E-state index contributed by atoms with van der Waals surface area (Å²) in [6.45, 7) is 0. The van der Waals surface area contributed by atoms with E-state index in [1.165, 1.54) is 0 Å². The minimum atomic E-state index is -4.03. The van der Waals surface area contributed by atoms with Crippen LogP contribution >= 0.6 is 0 Å². The van der Waals surface area contributed by atoms with E-state index in [4.69, 9.17) is 0 Å². The highest BCUT2D eigenvalue weighted by Crippen LogP contribution is 2.27. The largest absolute Gasteiger partial charge is 0.360 e. The first kappa shape index (κ1) is 16.3. The van der Waals surface area contributed by atoms with Crippen LogP contribution in [-0.4, -0.2) is 20.5 Å². The Hall–Kier alpha value is -2.59. The van der Waals surface area contributed by atoms with Crippen LogP contribution in [0.3, 0.4) is 0 Å². The van der Waals surface area contributed by atoms with Crippen molar-refractivity contribution in [3.05, 3.63) is 53.8 Å². The summed E-state index contributed by atoms with van der Waals surface area (Å²) in [4.78, 5) is 11.9. The summed E-state index contributed by atoms with van der Waals surface area (Å²) in [5.41, 5.74) is -0.149. The predicted octanol–water partition coefficient (Wildman–Crippen LogP) is 1.77. The maximum atomic E-state index is 13.3. The molecule has 2 aromatic rings. The van der Waals surface area contributed by atoms with Crippen molar-refractivity contribution in [1.82, 2.24) is 4.72 Å². The summed E-state index contributed by atoms with van der Waals surface area (Å²) < 4.78 is 65.5. The van der Waals surface area contributed by atoms with Crippen LogP contribution in [0.2, 0.25) is 0 Å². The summed E-state index contributed by atoms with van der Waals surface area (Å²) in [6, 6.07) is 5.64. The molecule has 0 spiro atoms. The minimum absolute atomic E-state index is 0.0649. The van der Waals surface area contributed by atoms with Crippen molar-refractivity contribution in [1.29, 1.82) is 0 Å². The highest BCUT2D eigenvalue weighted by molar-refractivity contribution is 7.89. The predicted molar refractivity (Wildman–Crippen MR) is 79.1 cm³/mol. The molecule has 1 aliphatic rings. The van der Waals surface area contributed by atoms with E-state index in [1.54, 1.807) is 0 Å². The number of carbonyl (C=O) groups is 1. The Bertz CT molecular complexity index is 934. The summed E-state index contributed by atoms with van der Waals surface area (Å²) in [6.07, 6.45) is -1.45. The Morgan fingerprint density at radius 2 is 1.79 bits per heavy atom. The lowest BCUT2D eigenvalue weighted by Gasteiger charge is -2.27. The van der Waals surface area contributed by atoms with Gasteiger partial charge in [0.05, 0.1) is 5.69 Å². The Morgan fingerprint density at radius 1 is 1.04 bits per heavy atom. The summed E-state index contributed by atoms with van der Waals surface area (Å²) in [5, 5.41) is 4.76. The maximum absolute atomic E-state index is 13.3. The first-order chi connectivity index (χ1) is 11.3. The van der Waals surface area contributed by atoms with Crippen molar-refractivity contribution >= 4 is 27.3 Å². The molecule has 3 N–H and O–H groups in total. The summed E-state index contributed by atoms with van der Waals surface area (Å²) in [5.74, 6) is -3.82. The number of halogens is 3. The molecule has 0 saturated heterocycles. The third kappa shape index (κ3) is 3.05. The molecule has 2 aromatic carbocycles. The maximum Gasteiger partial charge on any atom is 0.262 e. The molecule has 24 heavy (non-hydrogen) atoms. The van der Waals surface area contributed by atoms with Crippen molar-refractivity contribution < 1.29 is 26.4 Å². The van der Waals surface area contributed by atoms with Crippen molar-refractivity contribution in [3.8, 4) is 0 Å². The van der Waals surface area contributed by atoms with Gasteiger partial charge in [0.15, 0.2) is 17.8 Å². The number of carbonyl (C=O) groups excluding carboxylic acids is 1. The van der Waals surface area contributed by atoms with Crippen molar-refractivity contribution in [3.63, 3.8) is 0 Å². The van der Waals surface area contributed by atoms with Gasteiger partial charge in [-0.05, 0) is 30.3 Å². The number of benzene rings is 2. The van der Waals surface area contributed by atoms with Crippen LogP contribution < -0.4 is 15.4 Å². The lowest BCUT2D eigenvalue weighted by Crippen LogP contribution is -2.51. The third-order valence-electron chi connectivity index (χ3n) is 3.25. The third-order valence-corrected chi connectivity index (χ3v) is 4.73. The van der Waals surface area contributed by atoms with Crippen LogP contribution in [0.15, 0.2) is 41.3 Å². The molecule has 0 bridgehead atoms. The zero-order valence-electron chi connectivity index (χ0n) is 11.8. The van der Waals surface area contributed by atoms with Crippen molar-refractivity contribution in [2.45, 2.75) is 11.1 Å². The van der Waals surface area contributed by atoms with Gasteiger partial charge in [0, 0.05) is 11.8 Å². The topological polar surface area (TPSA) is 87.3 Å². The van der Waals surface area contributed by atoms with Crippen molar-refractivity contribution in [2.75, 3.05) is 10.6 Å². The van der Waals surface area contributed by atoms with Gasteiger partial charge in [-0.1, -0.05) is 0 Å². The van der Waals surface area contributed by atoms with Gasteiger partial charge in [-0.3, -0.25) is 4.79 Å². The fourth-order valence-corrected chi connectivity index (χ4v) is 3.42. The quantitative estimate of drug-likeness (QED) is 0.765. The molecule has 1 amide bonds. The van der Waals surface area contributed by atoms with E-state index in [1.807, 2.05) is 0 Å². The molecule has 1 heterocycles. The van der Waals surface area contributed by atoms with E-state index in [-0.39, 0.29) is 16.3 Å². The first-order valence-corrected chi connectivity index (χ1v) is 8.09. The number of anilines is 2. The molecular formula is C14H10F3N3O3S. The van der Waals surface area contributed by atoms with Crippen LogP contribution in [0, 0.1) is 17.5 Å². The van der Waals surface area contributed by atoms with Crippen LogP contribution in [-0.2, 0) is 14.8 Å². The smallest absolute Gasteiger partial charge is 0.262 e. The number of sulfonamides is 1. The SMILES string of the molecule is O=C(Nc1ccc(F)c(F)c1)C1Nc2cc(F)ccc2S(=O)(=O)N1. The molecule has 1 atom stereocenters. The molecule has 1 unspecified atom stereocenters. The minimum Gasteiger partial charge on any atom is -0.360 e. The molecule has 0 aromatic heterocycles. The zero-order valence-corrected chi connectivity index (χ0v) is 12.6. The molecule has 1 aliphatic heterocycles. The molecule has 0 radical (unpaired) electrons. The second kappa shape index (κ2) is 5.80. The fourth-order valence-electron chi connectivity index (χ4n) is 2.16. The highest BCUT2D eigenvalue weighted by Gasteiger charge is 2.33. The van der Waals surface area contributed by atoms with Gasteiger partial charge in [0.25, 0.3) is 5.91 Å². The first-order valence-electron chi connectivity index (χ1n) is 6.60. The second-order valence-electron chi connectivity index (χ2n) is 4.96. The van der Waals surface area contributed by atoms with Gasteiger partial charge < -0.3 is 10.6 Å². The number of nitrogens with one attached hydrogen (secondary N) is 3. The van der Waals surface area contributed by atoms with Gasteiger partial charge in [0.1, 0.15) is 10.7 Å². The second-order valence-corrected chi connectivity index (χ2v) is 6.64. The van der Waals surface area contributed by atoms with Crippen molar-refractivity contribution in [2.24, 2.45) is 0 Å². The van der Waals surface area contributed by atoms with E-state index in [9.17, 15) is 26.4 Å². The Morgan fingerprint density at radius 3 is 2.50 bits per heavy atom. The lowest BCUT2D eigenvalue weighted by atomic mass is 10.2. The van der Waals surface area contributed by atoms with E-state index in [0.29, 0.717) is 0 Å². The van der Waals surface area contributed by atoms with Gasteiger partial charge in [-0.25, -0.2) is 21.6 Å². The molecule has 0 saturated carbocycles. The number of hydrogen-bond donors (Lipinski definition) is 3. The standard InChI is InChI=1S/C14H10F3N3O3S/c15-7-1-4-12-11(5-7)19-13(20-24(12,22)23)14(21)18-8-2-3-9(16)10(17)6-8/h1-6,13,19-20H,(H,18,21). The van der Waals surface area contributed by atoms with Gasteiger partial charge >= 0.3 is 0 Å². The molecular weight excluding hydrogens is 347 g/mol. The molecule has 126 valence electrons. The van der Waals surface area contributed by atoms with Crippen LogP contribution in [0.4, 0.5) is 24.5 Å². The average molecular weight is 357 g/mol. The summed E-state index contributed by atoms with van der Waals surface area (Å²) >= 11 is 0. The van der Waals surface area contributed by atoms with Gasteiger partial charge in [-0.15, -0.1) is 0 Å². The zero-order chi connectivity index (χ0) is 17.5. The number of rotatable bonds is 2. The summed E-state index contributed by atoms with van der Waals surface area (Å²) in [7, 11) is -4.03. The Balaban J connectivity index is 1.85. The fraction of sp³-hybridized carbons (Fsp3) is 0.0714. The van der Waals surface area contributed by atoms with Crippen LogP contribution in [0.25, 0.3) is 0 Å². The normalized spacial score (nSPS) is 18.4. The Kier molecular flexibility index (Phi) is 3.93. The van der Waals surface area contributed by atoms with Crippen LogP contribution in [0.5, 0.6) is 0 Å². The average Bonchev–Trinajstić information content (AvgIpc) is 2.49. The highest BCUT2D eigenvalue weighted by atomic mass is 32.2. The Labute approximate surface area is 134 Å². The number of fused-ring (bicyclic) bond motifs is 1. The monoisotopic (exact) mass is 357 g/mol. The molecule has 0 aliphatic carbocycles. The molecule has 3 rings (SSSR count). The van der Waals surface area contributed by atoms with E-state index in [2.05, 4.69) is 15.4 Å². The molecule has 10 heteroatoms. The van der Waals surface area contributed by atoms with E-state index >= 15 is 0 Å². The lowest BCUT2D eigenvalue weighted by molar-refractivity contribution is -0.117. The van der Waals surface area contributed by atoms with Gasteiger partial charge in [0.2, 0.25) is 10.0 Å². The van der Waals surface area contributed by atoms with Gasteiger partial charge in [-0.2, -0.15) is 4.72 Å². The molecule has 0 fully saturated rings. The number of amides is 1.